The average Bonchev–Trinajstić information content (AvgIpc) is 2.41. The molecule has 0 saturated carbocycles. The Hall–Kier alpha value is -2.38. The molecule has 5 heteroatoms. The summed E-state index contributed by atoms with van der Waals surface area (Å²) >= 11 is 5.71. The Kier molecular flexibility index (Phi) is 3.79. The van der Waals surface area contributed by atoms with Gasteiger partial charge in [-0.05, 0) is 42.5 Å². The number of anilines is 1. The van der Waals surface area contributed by atoms with Crippen LogP contribution >= 0.6 is 11.6 Å². The van der Waals surface area contributed by atoms with Crippen molar-refractivity contribution in [3.63, 3.8) is 0 Å². The second kappa shape index (κ2) is 5.51. The van der Waals surface area contributed by atoms with Gasteiger partial charge in [-0.3, -0.25) is 4.79 Å². The summed E-state index contributed by atoms with van der Waals surface area (Å²) in [5.41, 5.74) is 0.592. The van der Waals surface area contributed by atoms with Crippen molar-refractivity contribution in [3.05, 3.63) is 64.4 Å². The molecule has 0 radical (unpaired) electrons. The van der Waals surface area contributed by atoms with Gasteiger partial charge >= 0.3 is 0 Å². The first-order chi connectivity index (χ1) is 9.10. The normalized spacial score (nSPS) is 9.74. The van der Waals surface area contributed by atoms with Crippen molar-refractivity contribution >= 4 is 23.2 Å². The maximum Gasteiger partial charge on any atom is 0.255 e. The molecule has 0 heterocycles. The van der Waals surface area contributed by atoms with E-state index in [-0.39, 0.29) is 11.3 Å². The molecule has 1 N–H and O–H groups in total. The number of carbonyl (C=O) groups is 1. The molecule has 2 rings (SSSR count). The van der Waals surface area contributed by atoms with E-state index in [1.807, 2.05) is 6.07 Å². The van der Waals surface area contributed by atoms with Crippen molar-refractivity contribution in [2.45, 2.75) is 0 Å². The molecular weight excluding hydrogens is 267 g/mol. The first-order valence-corrected chi connectivity index (χ1v) is 5.74. The van der Waals surface area contributed by atoms with Crippen LogP contribution in [0.5, 0.6) is 0 Å². The van der Waals surface area contributed by atoms with Gasteiger partial charge in [-0.2, -0.15) is 5.26 Å². The maximum atomic E-state index is 13.6. The summed E-state index contributed by atoms with van der Waals surface area (Å²) in [6.07, 6.45) is 0. The summed E-state index contributed by atoms with van der Waals surface area (Å²) in [6.45, 7) is 0. The van der Waals surface area contributed by atoms with E-state index in [2.05, 4.69) is 5.32 Å². The van der Waals surface area contributed by atoms with E-state index < -0.39 is 11.7 Å². The average molecular weight is 275 g/mol. The third kappa shape index (κ3) is 3.09. The van der Waals surface area contributed by atoms with E-state index in [1.165, 1.54) is 12.1 Å². The predicted molar refractivity (Wildman–Crippen MR) is 70.5 cm³/mol. The Morgan fingerprint density at radius 2 is 1.89 bits per heavy atom. The quantitative estimate of drug-likeness (QED) is 0.909. The molecule has 0 aliphatic carbocycles. The standard InChI is InChI=1S/C14H8ClFN2O/c15-11-4-2-10(3-5-11)14(19)18-13-6-1-9(8-17)7-12(13)16/h1-7H,(H,18,19). The van der Waals surface area contributed by atoms with Crippen LogP contribution in [0, 0.1) is 17.1 Å². The first kappa shape index (κ1) is 13.1. The Morgan fingerprint density at radius 1 is 1.21 bits per heavy atom. The highest BCUT2D eigenvalue weighted by Crippen LogP contribution is 2.17. The molecule has 2 aromatic carbocycles. The topological polar surface area (TPSA) is 52.9 Å². The third-order valence-corrected chi connectivity index (χ3v) is 2.70. The number of rotatable bonds is 2. The third-order valence-electron chi connectivity index (χ3n) is 2.45. The van der Waals surface area contributed by atoms with Crippen LogP contribution in [0.1, 0.15) is 15.9 Å². The van der Waals surface area contributed by atoms with Crippen molar-refractivity contribution in [2.24, 2.45) is 0 Å². The van der Waals surface area contributed by atoms with Gasteiger partial charge in [0.25, 0.3) is 5.91 Å². The SMILES string of the molecule is N#Cc1ccc(NC(=O)c2ccc(Cl)cc2)c(F)c1. The number of halogens is 2. The highest BCUT2D eigenvalue weighted by atomic mass is 35.5. The van der Waals surface area contributed by atoms with Crippen LogP contribution in [0.4, 0.5) is 10.1 Å². The minimum Gasteiger partial charge on any atom is -0.319 e. The summed E-state index contributed by atoms with van der Waals surface area (Å²) in [7, 11) is 0. The molecule has 0 unspecified atom stereocenters. The molecule has 19 heavy (non-hydrogen) atoms. The minimum atomic E-state index is -0.652. The zero-order valence-electron chi connectivity index (χ0n) is 9.65. The fourth-order valence-electron chi connectivity index (χ4n) is 1.48. The second-order valence-electron chi connectivity index (χ2n) is 3.77. The Morgan fingerprint density at radius 3 is 2.47 bits per heavy atom. The zero-order valence-corrected chi connectivity index (χ0v) is 10.4. The number of benzene rings is 2. The van der Waals surface area contributed by atoms with Gasteiger partial charge in [0.1, 0.15) is 5.82 Å². The Labute approximate surface area is 114 Å². The molecule has 1 amide bonds. The van der Waals surface area contributed by atoms with Gasteiger partial charge < -0.3 is 5.32 Å². The van der Waals surface area contributed by atoms with Gasteiger partial charge in [0.05, 0.1) is 17.3 Å². The monoisotopic (exact) mass is 274 g/mol. The number of nitrogens with zero attached hydrogens (tertiary/aromatic N) is 1. The lowest BCUT2D eigenvalue weighted by molar-refractivity contribution is 0.102. The molecule has 0 atom stereocenters. The predicted octanol–water partition coefficient (Wildman–Crippen LogP) is 3.60. The molecule has 0 aliphatic rings. The number of nitrogens with one attached hydrogen (secondary N) is 1. The number of nitriles is 1. The van der Waals surface area contributed by atoms with E-state index in [4.69, 9.17) is 16.9 Å². The van der Waals surface area contributed by atoms with E-state index in [1.54, 1.807) is 24.3 Å². The summed E-state index contributed by atoms with van der Waals surface area (Å²) in [4.78, 5) is 11.8. The Balaban J connectivity index is 2.20. The Bertz CT molecular complexity index is 662. The van der Waals surface area contributed by atoms with Gasteiger partial charge in [0.2, 0.25) is 0 Å². The highest BCUT2D eigenvalue weighted by Gasteiger charge is 2.09. The molecule has 0 saturated heterocycles. The molecule has 94 valence electrons. The number of hydrogen-bond acceptors (Lipinski definition) is 2. The fourth-order valence-corrected chi connectivity index (χ4v) is 1.61. The van der Waals surface area contributed by atoms with E-state index in [0.29, 0.717) is 10.6 Å². The van der Waals surface area contributed by atoms with Crippen LogP contribution in [0.2, 0.25) is 5.02 Å². The summed E-state index contributed by atoms with van der Waals surface area (Å²) in [6, 6.07) is 11.9. The number of hydrogen-bond donors (Lipinski definition) is 1. The van der Waals surface area contributed by atoms with Crippen molar-refractivity contribution in [2.75, 3.05) is 5.32 Å². The number of carbonyl (C=O) groups excluding carboxylic acids is 1. The van der Waals surface area contributed by atoms with Crippen LogP contribution in [-0.2, 0) is 0 Å². The van der Waals surface area contributed by atoms with Crippen molar-refractivity contribution in [1.82, 2.24) is 0 Å². The van der Waals surface area contributed by atoms with Gasteiger partial charge in [-0.1, -0.05) is 11.6 Å². The van der Waals surface area contributed by atoms with Crippen LogP contribution in [-0.4, -0.2) is 5.91 Å². The summed E-state index contributed by atoms with van der Waals surface area (Å²) in [5.74, 6) is -1.10. The van der Waals surface area contributed by atoms with Crippen LogP contribution < -0.4 is 5.32 Å². The van der Waals surface area contributed by atoms with E-state index >= 15 is 0 Å². The minimum absolute atomic E-state index is 0.0268. The molecule has 0 spiro atoms. The van der Waals surface area contributed by atoms with E-state index in [9.17, 15) is 9.18 Å². The summed E-state index contributed by atoms with van der Waals surface area (Å²) < 4.78 is 13.6. The molecule has 0 aliphatic heterocycles. The van der Waals surface area contributed by atoms with Gasteiger partial charge in [-0.15, -0.1) is 0 Å². The van der Waals surface area contributed by atoms with E-state index in [0.717, 1.165) is 6.07 Å². The van der Waals surface area contributed by atoms with Crippen LogP contribution in [0.15, 0.2) is 42.5 Å². The van der Waals surface area contributed by atoms with Gasteiger partial charge in [0, 0.05) is 10.6 Å². The largest absolute Gasteiger partial charge is 0.319 e. The highest BCUT2D eigenvalue weighted by molar-refractivity contribution is 6.30. The molecule has 0 fully saturated rings. The maximum absolute atomic E-state index is 13.6. The van der Waals surface area contributed by atoms with Crippen LogP contribution in [0.25, 0.3) is 0 Å². The molecule has 0 aromatic heterocycles. The first-order valence-electron chi connectivity index (χ1n) is 5.37. The summed E-state index contributed by atoms with van der Waals surface area (Å²) in [5, 5.41) is 11.6. The lowest BCUT2D eigenvalue weighted by Gasteiger charge is -2.06. The van der Waals surface area contributed by atoms with Gasteiger partial charge in [-0.25, -0.2) is 4.39 Å². The zero-order chi connectivity index (χ0) is 13.8. The smallest absolute Gasteiger partial charge is 0.255 e. The fraction of sp³-hybridized carbons (Fsp3) is 0. The molecular formula is C14H8ClFN2O. The van der Waals surface area contributed by atoms with Crippen LogP contribution in [0.3, 0.4) is 0 Å². The lowest BCUT2D eigenvalue weighted by atomic mass is 10.2. The van der Waals surface area contributed by atoms with Crippen molar-refractivity contribution in [3.8, 4) is 6.07 Å². The molecule has 0 bridgehead atoms. The van der Waals surface area contributed by atoms with Crippen molar-refractivity contribution < 1.29 is 9.18 Å². The molecule has 2 aromatic rings. The number of amides is 1. The second-order valence-corrected chi connectivity index (χ2v) is 4.20. The lowest BCUT2D eigenvalue weighted by Crippen LogP contribution is -2.12. The van der Waals surface area contributed by atoms with Gasteiger partial charge in [0.15, 0.2) is 0 Å². The molecule has 3 nitrogen and oxygen atoms in total. The van der Waals surface area contributed by atoms with Crippen molar-refractivity contribution in [1.29, 1.82) is 5.26 Å².